The number of para-hydroxylation sites is 2. The van der Waals surface area contributed by atoms with Gasteiger partial charge < -0.3 is 9.47 Å². The SMILES string of the molecule is c1ccc(-c2ccc(-c3ccc(N(c4ccc(-c5ccccc5)cc4)c4ccc5ccc6c(-n7c8ccccc8c8ccccc87)ccc7ccc4c5c76)cc3)cc2)cc1. The van der Waals surface area contributed by atoms with Gasteiger partial charge in [-0.2, -0.15) is 0 Å². The third kappa shape index (κ3) is 5.50. The van der Waals surface area contributed by atoms with E-state index in [-0.39, 0.29) is 0 Å². The predicted molar refractivity (Wildman–Crippen MR) is 255 cm³/mol. The Bertz CT molecular complexity index is 3440. The van der Waals surface area contributed by atoms with Crippen LogP contribution in [0.3, 0.4) is 0 Å². The summed E-state index contributed by atoms with van der Waals surface area (Å²) < 4.78 is 2.45. The minimum atomic E-state index is 1.10. The highest BCUT2D eigenvalue weighted by Crippen LogP contribution is 2.46. The highest BCUT2D eigenvalue weighted by molar-refractivity contribution is 6.27. The monoisotopic (exact) mass is 762 g/mol. The highest BCUT2D eigenvalue weighted by Gasteiger charge is 2.21. The van der Waals surface area contributed by atoms with Crippen LogP contribution >= 0.6 is 0 Å². The largest absolute Gasteiger partial charge is 0.310 e. The van der Waals surface area contributed by atoms with Crippen LogP contribution in [0.1, 0.15) is 0 Å². The van der Waals surface area contributed by atoms with Crippen LogP contribution in [0.4, 0.5) is 17.1 Å². The third-order valence-corrected chi connectivity index (χ3v) is 12.4. The van der Waals surface area contributed by atoms with Crippen molar-refractivity contribution in [1.29, 1.82) is 0 Å². The fourth-order valence-corrected chi connectivity index (χ4v) is 9.49. The molecule has 280 valence electrons. The van der Waals surface area contributed by atoms with Gasteiger partial charge in [0.05, 0.1) is 22.4 Å². The first-order chi connectivity index (χ1) is 29.8. The standard InChI is InChI=1S/C58H38N2/c1-3-11-39(12-4-1)41-19-21-42(22-20-41)44-25-33-48(34-26-44)59(47-31-23-43(24-32-47)40-13-5-2-6-14-40)55-37-29-45-28-36-52-56(38-30-46-27-35-51(55)57(45)58(46)52)60-53-17-9-7-15-49(53)50-16-8-10-18-54(50)60/h1-38H. The topological polar surface area (TPSA) is 8.17 Å². The molecule has 0 N–H and O–H groups in total. The Balaban J connectivity index is 1.03. The summed E-state index contributed by atoms with van der Waals surface area (Å²) in [6.07, 6.45) is 0. The van der Waals surface area contributed by atoms with E-state index >= 15 is 0 Å². The van der Waals surface area contributed by atoms with Crippen molar-refractivity contribution in [2.24, 2.45) is 0 Å². The Morgan fingerprint density at radius 3 is 1.17 bits per heavy atom. The lowest BCUT2D eigenvalue weighted by molar-refractivity contribution is 1.20. The molecule has 2 nitrogen and oxygen atoms in total. The fourth-order valence-electron chi connectivity index (χ4n) is 9.49. The summed E-state index contributed by atoms with van der Waals surface area (Å²) in [6, 6.07) is 84.2. The van der Waals surface area contributed by atoms with E-state index in [1.165, 1.54) is 93.2 Å². The second-order valence-corrected chi connectivity index (χ2v) is 15.7. The number of anilines is 3. The Morgan fingerprint density at radius 2 is 0.650 bits per heavy atom. The van der Waals surface area contributed by atoms with Crippen LogP contribution in [0.2, 0.25) is 0 Å². The lowest BCUT2D eigenvalue weighted by Gasteiger charge is -2.28. The van der Waals surface area contributed by atoms with E-state index in [0.29, 0.717) is 0 Å². The third-order valence-electron chi connectivity index (χ3n) is 12.4. The second-order valence-electron chi connectivity index (χ2n) is 15.7. The molecular formula is C58H38N2. The van der Waals surface area contributed by atoms with E-state index in [1.807, 2.05) is 0 Å². The smallest absolute Gasteiger partial charge is 0.0541 e. The first-order valence-corrected chi connectivity index (χ1v) is 20.7. The van der Waals surface area contributed by atoms with Gasteiger partial charge in [-0.1, -0.05) is 182 Å². The van der Waals surface area contributed by atoms with Crippen LogP contribution in [0.25, 0.3) is 93.2 Å². The molecule has 0 saturated heterocycles. The van der Waals surface area contributed by atoms with Crippen molar-refractivity contribution >= 4 is 71.2 Å². The van der Waals surface area contributed by atoms with Gasteiger partial charge in [0.1, 0.15) is 0 Å². The van der Waals surface area contributed by atoms with E-state index in [1.54, 1.807) is 0 Å². The number of nitrogens with zero attached hydrogens (tertiary/aromatic N) is 2. The van der Waals surface area contributed by atoms with Crippen molar-refractivity contribution in [2.45, 2.75) is 0 Å². The molecule has 12 rings (SSSR count). The zero-order valence-electron chi connectivity index (χ0n) is 32.8. The summed E-state index contributed by atoms with van der Waals surface area (Å²) in [5.41, 5.74) is 14.2. The van der Waals surface area contributed by atoms with Crippen LogP contribution in [0, 0.1) is 0 Å². The van der Waals surface area contributed by atoms with Gasteiger partial charge in [-0.15, -0.1) is 0 Å². The molecule has 0 atom stereocenters. The number of benzene rings is 11. The molecule has 1 heterocycles. The van der Waals surface area contributed by atoms with Crippen LogP contribution in [-0.4, -0.2) is 4.57 Å². The summed E-state index contributed by atoms with van der Waals surface area (Å²) in [6.45, 7) is 0. The van der Waals surface area contributed by atoms with Crippen molar-refractivity contribution in [3.63, 3.8) is 0 Å². The normalized spacial score (nSPS) is 11.7. The summed E-state index contributed by atoms with van der Waals surface area (Å²) in [5, 5.41) is 10.1. The van der Waals surface area contributed by atoms with Gasteiger partial charge in [0.25, 0.3) is 0 Å². The lowest BCUT2D eigenvalue weighted by atomic mass is 9.92. The minimum Gasteiger partial charge on any atom is -0.310 e. The molecule has 0 aliphatic carbocycles. The maximum absolute atomic E-state index is 2.45. The van der Waals surface area contributed by atoms with Crippen molar-refractivity contribution in [3.8, 4) is 39.1 Å². The number of fused-ring (bicyclic) bond motifs is 3. The molecule has 0 aliphatic rings. The van der Waals surface area contributed by atoms with Gasteiger partial charge in [-0.05, 0) is 103 Å². The van der Waals surface area contributed by atoms with Gasteiger partial charge in [0.15, 0.2) is 0 Å². The molecule has 0 spiro atoms. The molecule has 2 heteroatoms. The molecule has 12 aromatic rings. The number of hydrogen-bond donors (Lipinski definition) is 0. The Hall–Kier alpha value is -7.94. The average Bonchev–Trinajstić information content (AvgIpc) is 3.66. The quantitative estimate of drug-likeness (QED) is 0.147. The maximum Gasteiger partial charge on any atom is 0.0541 e. The molecule has 11 aromatic carbocycles. The molecule has 0 amide bonds. The molecule has 0 unspecified atom stereocenters. The summed E-state index contributed by atoms with van der Waals surface area (Å²) >= 11 is 0. The summed E-state index contributed by atoms with van der Waals surface area (Å²) in [7, 11) is 0. The molecular weight excluding hydrogens is 725 g/mol. The van der Waals surface area contributed by atoms with Gasteiger partial charge in [0, 0.05) is 32.9 Å². The van der Waals surface area contributed by atoms with E-state index in [0.717, 1.165) is 17.1 Å². The second kappa shape index (κ2) is 13.9. The maximum atomic E-state index is 2.45. The van der Waals surface area contributed by atoms with Gasteiger partial charge >= 0.3 is 0 Å². The molecule has 1 aromatic heterocycles. The van der Waals surface area contributed by atoms with Crippen molar-refractivity contribution in [3.05, 3.63) is 231 Å². The molecule has 60 heavy (non-hydrogen) atoms. The van der Waals surface area contributed by atoms with Crippen molar-refractivity contribution in [1.82, 2.24) is 4.57 Å². The number of hydrogen-bond acceptors (Lipinski definition) is 1. The first-order valence-electron chi connectivity index (χ1n) is 20.7. The van der Waals surface area contributed by atoms with Gasteiger partial charge in [-0.25, -0.2) is 0 Å². The van der Waals surface area contributed by atoms with Gasteiger partial charge in [-0.3, -0.25) is 0 Å². The minimum absolute atomic E-state index is 1.10. The van der Waals surface area contributed by atoms with Crippen LogP contribution in [0.5, 0.6) is 0 Å². The van der Waals surface area contributed by atoms with E-state index < -0.39 is 0 Å². The van der Waals surface area contributed by atoms with E-state index in [9.17, 15) is 0 Å². The predicted octanol–water partition coefficient (Wildman–Crippen LogP) is 16.2. The summed E-state index contributed by atoms with van der Waals surface area (Å²) in [4.78, 5) is 2.43. The van der Waals surface area contributed by atoms with Crippen molar-refractivity contribution in [2.75, 3.05) is 4.90 Å². The molecule has 0 saturated carbocycles. The van der Waals surface area contributed by atoms with Crippen LogP contribution < -0.4 is 4.90 Å². The van der Waals surface area contributed by atoms with Gasteiger partial charge in [0.2, 0.25) is 0 Å². The fraction of sp³-hybridized carbons (Fsp3) is 0. The molecule has 0 radical (unpaired) electrons. The zero-order valence-corrected chi connectivity index (χ0v) is 32.8. The van der Waals surface area contributed by atoms with Crippen LogP contribution in [-0.2, 0) is 0 Å². The van der Waals surface area contributed by atoms with E-state index in [4.69, 9.17) is 0 Å². The Labute approximate surface area is 348 Å². The average molecular weight is 763 g/mol. The van der Waals surface area contributed by atoms with Crippen molar-refractivity contribution < 1.29 is 0 Å². The summed E-state index contributed by atoms with van der Waals surface area (Å²) in [5.74, 6) is 0. The Morgan fingerprint density at radius 1 is 0.267 bits per heavy atom. The van der Waals surface area contributed by atoms with E-state index in [2.05, 4.69) is 240 Å². The Kier molecular flexibility index (Phi) is 7.89. The lowest BCUT2D eigenvalue weighted by Crippen LogP contribution is -2.10. The molecule has 0 bridgehead atoms. The number of rotatable bonds is 7. The van der Waals surface area contributed by atoms with Crippen LogP contribution in [0.15, 0.2) is 231 Å². The first kappa shape index (κ1) is 34.1. The number of aromatic nitrogens is 1. The molecule has 0 fully saturated rings. The highest BCUT2D eigenvalue weighted by atomic mass is 15.1. The zero-order chi connectivity index (χ0) is 39.6. The molecule has 0 aliphatic heterocycles.